The standard InChI is InChI=1S/C6H14OS/c1-6(7-2)4-5-8-3/h6H,4-5H2,1-3H3. The molecule has 0 aromatic carbocycles. The third-order valence-electron chi connectivity index (χ3n) is 1.13. The van der Waals surface area contributed by atoms with Gasteiger partial charge < -0.3 is 4.74 Å². The van der Waals surface area contributed by atoms with Gasteiger partial charge >= 0.3 is 0 Å². The molecule has 0 heterocycles. The van der Waals surface area contributed by atoms with Crippen molar-refractivity contribution in [3.05, 3.63) is 0 Å². The van der Waals surface area contributed by atoms with Crippen molar-refractivity contribution in [2.45, 2.75) is 19.4 Å². The van der Waals surface area contributed by atoms with E-state index >= 15 is 0 Å². The summed E-state index contributed by atoms with van der Waals surface area (Å²) >= 11 is 1.87. The number of hydrogen-bond donors (Lipinski definition) is 0. The van der Waals surface area contributed by atoms with Gasteiger partial charge in [0, 0.05) is 7.11 Å². The lowest BCUT2D eigenvalue weighted by Crippen LogP contribution is -2.04. The lowest BCUT2D eigenvalue weighted by molar-refractivity contribution is 0.116. The number of hydrogen-bond acceptors (Lipinski definition) is 2. The first-order chi connectivity index (χ1) is 3.81. The second-order valence-corrected chi connectivity index (χ2v) is 2.81. The second kappa shape index (κ2) is 5.45. The van der Waals surface area contributed by atoms with Crippen molar-refractivity contribution >= 4 is 11.8 Å². The first kappa shape index (κ1) is 8.31. The summed E-state index contributed by atoms with van der Waals surface area (Å²) in [6.07, 6.45) is 3.71. The molecule has 0 rings (SSSR count). The summed E-state index contributed by atoms with van der Waals surface area (Å²) in [5.41, 5.74) is 0. The molecule has 0 radical (unpaired) electrons. The van der Waals surface area contributed by atoms with E-state index in [-0.39, 0.29) is 0 Å². The fourth-order valence-electron chi connectivity index (χ4n) is 0.402. The first-order valence-corrected chi connectivity index (χ1v) is 4.22. The van der Waals surface area contributed by atoms with Crippen molar-refractivity contribution in [3.8, 4) is 0 Å². The van der Waals surface area contributed by atoms with E-state index in [1.165, 1.54) is 5.75 Å². The maximum atomic E-state index is 5.04. The zero-order chi connectivity index (χ0) is 6.41. The summed E-state index contributed by atoms with van der Waals surface area (Å²) in [6, 6.07) is 0. The van der Waals surface area contributed by atoms with Crippen molar-refractivity contribution in [1.29, 1.82) is 0 Å². The molecule has 0 bridgehead atoms. The van der Waals surface area contributed by atoms with Crippen molar-refractivity contribution in [1.82, 2.24) is 0 Å². The van der Waals surface area contributed by atoms with E-state index < -0.39 is 0 Å². The van der Waals surface area contributed by atoms with E-state index in [4.69, 9.17) is 4.74 Å². The average molecular weight is 134 g/mol. The molecule has 1 unspecified atom stereocenters. The molecule has 0 saturated carbocycles. The molecule has 0 aromatic rings. The second-order valence-electron chi connectivity index (χ2n) is 1.83. The van der Waals surface area contributed by atoms with Crippen LogP contribution in [0.25, 0.3) is 0 Å². The van der Waals surface area contributed by atoms with Crippen molar-refractivity contribution in [2.24, 2.45) is 0 Å². The van der Waals surface area contributed by atoms with E-state index in [9.17, 15) is 0 Å². The molecule has 1 nitrogen and oxygen atoms in total. The molecular weight excluding hydrogens is 120 g/mol. The van der Waals surface area contributed by atoms with Crippen LogP contribution in [0.1, 0.15) is 13.3 Å². The van der Waals surface area contributed by atoms with Crippen LogP contribution in [-0.4, -0.2) is 25.2 Å². The van der Waals surface area contributed by atoms with Gasteiger partial charge in [0.2, 0.25) is 0 Å². The molecule has 0 N–H and O–H groups in total. The minimum absolute atomic E-state index is 0.433. The Kier molecular flexibility index (Phi) is 5.66. The molecule has 0 aliphatic carbocycles. The third-order valence-corrected chi connectivity index (χ3v) is 1.77. The summed E-state index contributed by atoms with van der Waals surface area (Å²) in [7, 11) is 1.75. The van der Waals surface area contributed by atoms with E-state index in [1.54, 1.807) is 7.11 Å². The van der Waals surface area contributed by atoms with Gasteiger partial charge in [0.05, 0.1) is 6.10 Å². The fourth-order valence-corrected chi connectivity index (χ4v) is 0.969. The minimum Gasteiger partial charge on any atom is -0.382 e. The highest BCUT2D eigenvalue weighted by molar-refractivity contribution is 7.98. The Labute approximate surface area is 55.8 Å². The fraction of sp³-hybridized carbons (Fsp3) is 1.00. The molecule has 0 saturated heterocycles. The van der Waals surface area contributed by atoms with E-state index in [0.717, 1.165) is 6.42 Å². The molecular formula is C6H14OS. The molecule has 0 fully saturated rings. The monoisotopic (exact) mass is 134 g/mol. The Morgan fingerprint density at radius 2 is 2.25 bits per heavy atom. The van der Waals surface area contributed by atoms with Gasteiger partial charge in [-0.15, -0.1) is 0 Å². The first-order valence-electron chi connectivity index (χ1n) is 2.83. The Hall–Kier alpha value is 0.310. The minimum atomic E-state index is 0.433. The van der Waals surface area contributed by atoms with Crippen LogP contribution in [0.15, 0.2) is 0 Å². The Bertz CT molecular complexity index is 47.8. The summed E-state index contributed by atoms with van der Waals surface area (Å²) in [6.45, 7) is 2.09. The molecule has 0 amide bonds. The van der Waals surface area contributed by atoms with Crippen LogP contribution in [0.2, 0.25) is 0 Å². The molecule has 1 atom stereocenters. The van der Waals surface area contributed by atoms with Gasteiger partial charge in [-0.3, -0.25) is 0 Å². The summed E-state index contributed by atoms with van der Waals surface area (Å²) in [4.78, 5) is 0. The quantitative estimate of drug-likeness (QED) is 0.579. The molecule has 0 spiro atoms. The van der Waals surface area contributed by atoms with E-state index in [1.807, 2.05) is 11.8 Å². The van der Waals surface area contributed by atoms with Crippen LogP contribution in [0.3, 0.4) is 0 Å². The van der Waals surface area contributed by atoms with Gasteiger partial charge in [0.25, 0.3) is 0 Å². The van der Waals surface area contributed by atoms with Crippen LogP contribution >= 0.6 is 11.8 Å². The normalized spacial score (nSPS) is 13.9. The topological polar surface area (TPSA) is 9.23 Å². The third kappa shape index (κ3) is 4.47. The van der Waals surface area contributed by atoms with Crippen LogP contribution < -0.4 is 0 Å². The molecule has 0 aliphatic rings. The van der Waals surface area contributed by atoms with Gasteiger partial charge in [-0.25, -0.2) is 0 Å². The van der Waals surface area contributed by atoms with Crippen molar-refractivity contribution in [3.63, 3.8) is 0 Å². The lowest BCUT2D eigenvalue weighted by Gasteiger charge is -2.05. The Morgan fingerprint density at radius 1 is 1.62 bits per heavy atom. The van der Waals surface area contributed by atoms with Gasteiger partial charge in [-0.1, -0.05) is 0 Å². The predicted molar refractivity (Wildman–Crippen MR) is 39.5 cm³/mol. The van der Waals surface area contributed by atoms with Crippen molar-refractivity contribution in [2.75, 3.05) is 19.1 Å². The van der Waals surface area contributed by atoms with Crippen molar-refractivity contribution < 1.29 is 4.74 Å². The summed E-state index contributed by atoms with van der Waals surface area (Å²) in [5, 5.41) is 0. The van der Waals surface area contributed by atoms with E-state index in [0.29, 0.717) is 6.10 Å². The molecule has 0 aromatic heterocycles. The van der Waals surface area contributed by atoms with Crippen LogP contribution in [0.4, 0.5) is 0 Å². The molecule has 2 heteroatoms. The number of thioether (sulfide) groups is 1. The van der Waals surface area contributed by atoms with Gasteiger partial charge in [-0.05, 0) is 25.4 Å². The Balaban J connectivity index is 2.86. The predicted octanol–water partition coefficient (Wildman–Crippen LogP) is 1.77. The highest BCUT2D eigenvalue weighted by atomic mass is 32.2. The summed E-state index contributed by atoms with van der Waals surface area (Å²) < 4.78 is 5.04. The largest absolute Gasteiger partial charge is 0.382 e. The highest BCUT2D eigenvalue weighted by Gasteiger charge is 1.95. The summed E-state index contributed by atoms with van der Waals surface area (Å²) in [5.74, 6) is 1.20. The van der Waals surface area contributed by atoms with Crippen LogP contribution in [-0.2, 0) is 4.74 Å². The number of methoxy groups -OCH3 is 1. The zero-order valence-electron chi connectivity index (χ0n) is 5.81. The zero-order valence-corrected chi connectivity index (χ0v) is 6.62. The number of ether oxygens (including phenoxy) is 1. The smallest absolute Gasteiger partial charge is 0.0551 e. The molecule has 0 aliphatic heterocycles. The lowest BCUT2D eigenvalue weighted by atomic mass is 10.3. The Morgan fingerprint density at radius 3 is 2.62 bits per heavy atom. The maximum absolute atomic E-state index is 5.04. The van der Waals surface area contributed by atoms with Crippen LogP contribution in [0.5, 0.6) is 0 Å². The van der Waals surface area contributed by atoms with E-state index in [2.05, 4.69) is 13.2 Å². The van der Waals surface area contributed by atoms with Gasteiger partial charge in [0.15, 0.2) is 0 Å². The average Bonchev–Trinajstić information content (AvgIpc) is 1.83. The SMILES string of the molecule is COC(C)CCSC. The number of rotatable bonds is 4. The maximum Gasteiger partial charge on any atom is 0.0551 e. The van der Waals surface area contributed by atoms with Crippen LogP contribution in [0, 0.1) is 0 Å². The molecule has 8 heavy (non-hydrogen) atoms. The molecule has 50 valence electrons. The van der Waals surface area contributed by atoms with Gasteiger partial charge in [-0.2, -0.15) is 11.8 Å². The van der Waals surface area contributed by atoms with Gasteiger partial charge in [0.1, 0.15) is 0 Å². The highest BCUT2D eigenvalue weighted by Crippen LogP contribution is 2.01.